The minimum absolute atomic E-state index is 0. The van der Waals surface area contributed by atoms with E-state index in [-0.39, 0.29) is 18.2 Å². The molecule has 0 aromatic carbocycles. The molecule has 2 nitrogen and oxygen atoms in total. The standard InChI is InChI=1S/C10H15NOS.ClH/c1-8-6-10(13-7-8)9(12)4-5-11(2)3;/h6-7H,4-5H2,1-3H3;1H. The smallest absolute Gasteiger partial charge is 0.174 e. The molecule has 0 unspecified atom stereocenters. The van der Waals surface area contributed by atoms with E-state index in [4.69, 9.17) is 0 Å². The van der Waals surface area contributed by atoms with Crippen LogP contribution in [0.1, 0.15) is 21.7 Å². The lowest BCUT2D eigenvalue weighted by Gasteiger charge is -2.06. The van der Waals surface area contributed by atoms with Crippen LogP contribution in [0.5, 0.6) is 0 Å². The van der Waals surface area contributed by atoms with Gasteiger partial charge in [-0.2, -0.15) is 0 Å². The SMILES string of the molecule is Cc1csc(C(=O)CCN(C)C)c1.Cl. The first-order valence-electron chi connectivity index (χ1n) is 4.32. The molecule has 1 heterocycles. The summed E-state index contributed by atoms with van der Waals surface area (Å²) in [5, 5.41) is 2.02. The molecule has 0 amide bonds. The van der Waals surface area contributed by atoms with E-state index >= 15 is 0 Å². The lowest BCUT2D eigenvalue weighted by Crippen LogP contribution is -2.16. The maximum atomic E-state index is 11.5. The van der Waals surface area contributed by atoms with Crippen molar-refractivity contribution in [2.45, 2.75) is 13.3 Å². The van der Waals surface area contributed by atoms with E-state index in [1.54, 1.807) is 11.3 Å². The largest absolute Gasteiger partial charge is 0.309 e. The van der Waals surface area contributed by atoms with E-state index < -0.39 is 0 Å². The van der Waals surface area contributed by atoms with Crippen molar-refractivity contribution in [2.24, 2.45) is 0 Å². The summed E-state index contributed by atoms with van der Waals surface area (Å²) in [6.45, 7) is 2.84. The number of carbonyl (C=O) groups excluding carboxylic acids is 1. The molecule has 1 aromatic heterocycles. The Labute approximate surface area is 95.3 Å². The van der Waals surface area contributed by atoms with Gasteiger partial charge in [-0.1, -0.05) is 0 Å². The van der Waals surface area contributed by atoms with Crippen LogP contribution in [-0.4, -0.2) is 31.3 Å². The molecule has 0 spiro atoms. The molecule has 14 heavy (non-hydrogen) atoms. The van der Waals surface area contributed by atoms with Gasteiger partial charge in [-0.25, -0.2) is 0 Å². The molecule has 0 aliphatic rings. The third-order valence-electron chi connectivity index (χ3n) is 1.79. The van der Waals surface area contributed by atoms with Crippen molar-refractivity contribution in [3.05, 3.63) is 21.9 Å². The Balaban J connectivity index is 0.00000169. The molecule has 0 atom stereocenters. The molecular weight excluding hydrogens is 218 g/mol. The number of hydrogen-bond donors (Lipinski definition) is 0. The summed E-state index contributed by atoms with van der Waals surface area (Å²) < 4.78 is 0. The number of Topliss-reactive ketones (excluding diaryl/α,β-unsaturated/α-hetero) is 1. The lowest BCUT2D eigenvalue weighted by molar-refractivity contribution is 0.0976. The van der Waals surface area contributed by atoms with E-state index in [9.17, 15) is 4.79 Å². The van der Waals surface area contributed by atoms with E-state index in [2.05, 4.69) is 0 Å². The summed E-state index contributed by atoms with van der Waals surface area (Å²) in [4.78, 5) is 14.5. The first-order valence-corrected chi connectivity index (χ1v) is 5.20. The lowest BCUT2D eigenvalue weighted by atomic mass is 10.2. The van der Waals surface area contributed by atoms with Gasteiger partial charge < -0.3 is 4.90 Å². The molecule has 0 bridgehead atoms. The van der Waals surface area contributed by atoms with Gasteiger partial charge in [0.15, 0.2) is 5.78 Å². The van der Waals surface area contributed by atoms with Gasteiger partial charge in [-0.3, -0.25) is 4.79 Å². The van der Waals surface area contributed by atoms with Gasteiger partial charge >= 0.3 is 0 Å². The predicted molar refractivity (Wildman–Crippen MR) is 63.8 cm³/mol. The Bertz CT molecular complexity index is 296. The maximum absolute atomic E-state index is 11.5. The first kappa shape index (κ1) is 13.6. The highest BCUT2D eigenvalue weighted by atomic mass is 35.5. The molecule has 0 N–H and O–H groups in total. The fourth-order valence-electron chi connectivity index (χ4n) is 1.03. The summed E-state index contributed by atoms with van der Waals surface area (Å²) in [6.07, 6.45) is 0.618. The van der Waals surface area contributed by atoms with Crippen molar-refractivity contribution < 1.29 is 4.79 Å². The molecule has 0 fully saturated rings. The molecular formula is C10H16ClNOS. The second-order valence-corrected chi connectivity index (χ2v) is 4.38. The van der Waals surface area contributed by atoms with Crippen LogP contribution in [0, 0.1) is 6.92 Å². The van der Waals surface area contributed by atoms with Crippen molar-refractivity contribution in [1.29, 1.82) is 0 Å². The fraction of sp³-hybridized carbons (Fsp3) is 0.500. The minimum atomic E-state index is 0. The highest BCUT2D eigenvalue weighted by Gasteiger charge is 2.07. The topological polar surface area (TPSA) is 20.3 Å². The predicted octanol–water partition coefficient (Wildman–Crippen LogP) is 2.61. The van der Waals surface area contributed by atoms with Crippen molar-refractivity contribution in [3.8, 4) is 0 Å². The number of thiophene rings is 1. The highest BCUT2D eigenvalue weighted by molar-refractivity contribution is 7.12. The van der Waals surface area contributed by atoms with E-state index in [0.29, 0.717) is 6.42 Å². The minimum Gasteiger partial charge on any atom is -0.309 e. The van der Waals surface area contributed by atoms with Crippen LogP contribution in [0.25, 0.3) is 0 Å². The van der Waals surface area contributed by atoms with Crippen molar-refractivity contribution in [1.82, 2.24) is 4.90 Å². The summed E-state index contributed by atoms with van der Waals surface area (Å²) in [6, 6.07) is 1.96. The number of nitrogens with zero attached hydrogens (tertiary/aromatic N) is 1. The molecule has 1 aromatic rings. The number of hydrogen-bond acceptors (Lipinski definition) is 3. The molecule has 0 saturated heterocycles. The number of halogens is 1. The second-order valence-electron chi connectivity index (χ2n) is 3.46. The van der Waals surface area contributed by atoms with Crippen molar-refractivity contribution in [2.75, 3.05) is 20.6 Å². The van der Waals surface area contributed by atoms with Gasteiger partial charge in [0.05, 0.1) is 4.88 Å². The summed E-state index contributed by atoms with van der Waals surface area (Å²) in [5.74, 6) is 0.256. The third-order valence-corrected chi connectivity index (χ3v) is 2.88. The summed E-state index contributed by atoms with van der Waals surface area (Å²) in [5.41, 5.74) is 1.18. The molecule has 0 aliphatic heterocycles. The zero-order chi connectivity index (χ0) is 9.84. The Morgan fingerprint density at radius 3 is 2.57 bits per heavy atom. The van der Waals surface area contributed by atoms with Crippen LogP contribution in [0.3, 0.4) is 0 Å². The maximum Gasteiger partial charge on any atom is 0.174 e. The van der Waals surface area contributed by atoms with Crippen molar-refractivity contribution >= 4 is 29.5 Å². The van der Waals surface area contributed by atoms with Gasteiger partial charge in [-0.15, -0.1) is 23.7 Å². The van der Waals surface area contributed by atoms with Crippen LogP contribution in [0.15, 0.2) is 11.4 Å². The molecule has 0 aliphatic carbocycles. The van der Waals surface area contributed by atoms with E-state index in [0.717, 1.165) is 11.4 Å². The average Bonchev–Trinajstić information content (AvgIpc) is 2.47. The Morgan fingerprint density at radius 1 is 1.50 bits per heavy atom. The van der Waals surface area contributed by atoms with Gasteiger partial charge in [0.25, 0.3) is 0 Å². The Hall–Kier alpha value is -0.380. The van der Waals surface area contributed by atoms with Crippen LogP contribution >= 0.6 is 23.7 Å². The zero-order valence-electron chi connectivity index (χ0n) is 8.74. The normalized spacial score (nSPS) is 10.0. The van der Waals surface area contributed by atoms with Gasteiger partial charge in [0.2, 0.25) is 0 Å². The fourth-order valence-corrected chi connectivity index (χ4v) is 1.89. The van der Waals surface area contributed by atoms with E-state index in [1.165, 1.54) is 5.56 Å². The number of aryl methyl sites for hydroxylation is 1. The molecule has 0 saturated carbocycles. The van der Waals surface area contributed by atoms with Crippen LogP contribution < -0.4 is 0 Å². The Morgan fingerprint density at radius 2 is 2.14 bits per heavy atom. The van der Waals surface area contributed by atoms with E-state index in [1.807, 2.05) is 37.4 Å². The molecule has 80 valence electrons. The average molecular weight is 234 g/mol. The highest BCUT2D eigenvalue weighted by Crippen LogP contribution is 2.15. The van der Waals surface area contributed by atoms with Crippen LogP contribution in [0.2, 0.25) is 0 Å². The quantitative estimate of drug-likeness (QED) is 0.746. The monoisotopic (exact) mass is 233 g/mol. The number of carbonyl (C=O) groups is 1. The summed E-state index contributed by atoms with van der Waals surface area (Å²) >= 11 is 1.54. The van der Waals surface area contributed by atoms with Gasteiger partial charge in [0, 0.05) is 13.0 Å². The van der Waals surface area contributed by atoms with Crippen LogP contribution in [0.4, 0.5) is 0 Å². The van der Waals surface area contributed by atoms with Crippen LogP contribution in [-0.2, 0) is 0 Å². The second kappa shape index (κ2) is 6.17. The number of rotatable bonds is 4. The third kappa shape index (κ3) is 4.22. The molecule has 4 heteroatoms. The molecule has 1 rings (SSSR count). The van der Waals surface area contributed by atoms with Crippen molar-refractivity contribution in [3.63, 3.8) is 0 Å². The van der Waals surface area contributed by atoms with Gasteiger partial charge in [-0.05, 0) is 38.0 Å². The first-order chi connectivity index (χ1) is 6.09. The molecule has 0 radical (unpaired) electrons. The number of ketones is 1. The Kier molecular flexibility index (Phi) is 6.00. The van der Waals surface area contributed by atoms with Gasteiger partial charge in [0.1, 0.15) is 0 Å². The summed E-state index contributed by atoms with van der Waals surface area (Å²) in [7, 11) is 3.96. The zero-order valence-corrected chi connectivity index (χ0v) is 10.4.